The lowest BCUT2D eigenvalue weighted by molar-refractivity contribution is -0.118. The summed E-state index contributed by atoms with van der Waals surface area (Å²) in [6.45, 7) is 0. The number of benzene rings is 2. The summed E-state index contributed by atoms with van der Waals surface area (Å²) in [4.78, 5) is 26.3. The van der Waals surface area contributed by atoms with Gasteiger partial charge in [-0.05, 0) is 54.7 Å². The first-order valence-corrected chi connectivity index (χ1v) is 8.82. The summed E-state index contributed by atoms with van der Waals surface area (Å²) in [6, 6.07) is 10.9. The van der Waals surface area contributed by atoms with Crippen LogP contribution in [0.4, 0.5) is 10.1 Å². The highest BCUT2D eigenvalue weighted by atomic mass is 35.5. The van der Waals surface area contributed by atoms with E-state index in [9.17, 15) is 14.0 Å². The Hall–Kier alpha value is -2.40. The maximum atomic E-state index is 13.2. The standard InChI is InChI=1S/C20H20ClFN2O2/c1-24(2)20(26)16-10-9-15(11-17(16)21)23-19(25)18(12-3-4-12)13-5-7-14(22)8-6-13/h5-12,18H,3-4H2,1-2H3,(H,23,25). The molecule has 0 heterocycles. The van der Waals surface area contributed by atoms with E-state index in [0.29, 0.717) is 11.3 Å². The van der Waals surface area contributed by atoms with E-state index in [1.54, 1.807) is 44.4 Å². The second-order valence-electron chi connectivity index (χ2n) is 6.75. The van der Waals surface area contributed by atoms with Crippen LogP contribution in [0.1, 0.15) is 34.7 Å². The number of carbonyl (C=O) groups excluding carboxylic acids is 2. The molecule has 0 aliphatic heterocycles. The van der Waals surface area contributed by atoms with Crippen molar-refractivity contribution in [1.82, 2.24) is 4.90 Å². The largest absolute Gasteiger partial charge is 0.345 e. The second-order valence-corrected chi connectivity index (χ2v) is 7.16. The zero-order valence-corrected chi connectivity index (χ0v) is 15.4. The van der Waals surface area contributed by atoms with E-state index >= 15 is 0 Å². The van der Waals surface area contributed by atoms with Gasteiger partial charge in [-0.25, -0.2) is 4.39 Å². The number of nitrogens with zero attached hydrogens (tertiary/aromatic N) is 1. The Morgan fingerprint density at radius 2 is 1.81 bits per heavy atom. The average Bonchev–Trinajstić information content (AvgIpc) is 3.41. The Morgan fingerprint density at radius 1 is 1.15 bits per heavy atom. The van der Waals surface area contributed by atoms with Crippen molar-refractivity contribution in [2.45, 2.75) is 18.8 Å². The molecule has 2 aromatic carbocycles. The molecule has 6 heteroatoms. The van der Waals surface area contributed by atoms with Gasteiger partial charge in [0, 0.05) is 19.8 Å². The maximum Gasteiger partial charge on any atom is 0.254 e. The van der Waals surface area contributed by atoms with Crippen molar-refractivity contribution in [1.29, 1.82) is 0 Å². The van der Waals surface area contributed by atoms with Gasteiger partial charge in [-0.3, -0.25) is 9.59 Å². The summed E-state index contributed by atoms with van der Waals surface area (Å²) in [5.74, 6) is -0.725. The van der Waals surface area contributed by atoms with Crippen LogP contribution in [0.5, 0.6) is 0 Å². The first-order chi connectivity index (χ1) is 12.4. The van der Waals surface area contributed by atoms with Crippen molar-refractivity contribution >= 4 is 29.1 Å². The highest BCUT2D eigenvalue weighted by Gasteiger charge is 2.37. The molecule has 1 atom stereocenters. The molecule has 1 N–H and O–H groups in total. The fraction of sp³-hybridized carbons (Fsp3) is 0.300. The van der Waals surface area contributed by atoms with Gasteiger partial charge >= 0.3 is 0 Å². The summed E-state index contributed by atoms with van der Waals surface area (Å²) in [5, 5.41) is 3.15. The first kappa shape index (κ1) is 18.4. The monoisotopic (exact) mass is 374 g/mol. The van der Waals surface area contributed by atoms with Crippen LogP contribution in [0.25, 0.3) is 0 Å². The minimum atomic E-state index is -0.323. The van der Waals surface area contributed by atoms with Crippen LogP contribution in [0.15, 0.2) is 42.5 Å². The Balaban J connectivity index is 1.78. The molecule has 136 valence electrons. The van der Waals surface area contributed by atoms with Crippen LogP contribution in [-0.4, -0.2) is 30.8 Å². The fourth-order valence-electron chi connectivity index (χ4n) is 2.96. The number of nitrogens with one attached hydrogen (secondary N) is 1. The van der Waals surface area contributed by atoms with Crippen molar-refractivity contribution in [3.05, 3.63) is 64.4 Å². The first-order valence-electron chi connectivity index (χ1n) is 8.44. The van der Waals surface area contributed by atoms with Crippen molar-refractivity contribution in [3.63, 3.8) is 0 Å². The van der Waals surface area contributed by atoms with Gasteiger partial charge in [0.2, 0.25) is 5.91 Å². The molecule has 26 heavy (non-hydrogen) atoms. The van der Waals surface area contributed by atoms with E-state index < -0.39 is 0 Å². The Bertz CT molecular complexity index is 832. The van der Waals surface area contributed by atoms with E-state index in [1.165, 1.54) is 17.0 Å². The lowest BCUT2D eigenvalue weighted by Gasteiger charge is -2.17. The quantitative estimate of drug-likeness (QED) is 0.847. The van der Waals surface area contributed by atoms with Gasteiger partial charge in [-0.2, -0.15) is 0 Å². The number of hydrogen-bond donors (Lipinski definition) is 1. The van der Waals surface area contributed by atoms with Crippen molar-refractivity contribution in [2.24, 2.45) is 5.92 Å². The number of amides is 2. The summed E-state index contributed by atoms with van der Waals surface area (Å²) in [7, 11) is 3.30. The van der Waals surface area contributed by atoms with E-state index in [-0.39, 0.29) is 34.5 Å². The Kier molecular flexibility index (Phi) is 5.28. The van der Waals surface area contributed by atoms with E-state index in [0.717, 1.165) is 18.4 Å². The van der Waals surface area contributed by atoms with Crippen molar-refractivity contribution in [3.8, 4) is 0 Å². The minimum Gasteiger partial charge on any atom is -0.345 e. The van der Waals surface area contributed by atoms with Gasteiger partial charge in [0.25, 0.3) is 5.91 Å². The molecule has 0 radical (unpaired) electrons. The van der Waals surface area contributed by atoms with Gasteiger partial charge in [-0.15, -0.1) is 0 Å². The molecule has 1 unspecified atom stereocenters. The van der Waals surface area contributed by atoms with Crippen LogP contribution in [0.2, 0.25) is 5.02 Å². The second kappa shape index (κ2) is 7.46. The zero-order chi connectivity index (χ0) is 18.8. The summed E-state index contributed by atoms with van der Waals surface area (Å²) in [5.41, 5.74) is 1.71. The Morgan fingerprint density at radius 3 is 2.35 bits per heavy atom. The molecule has 2 aromatic rings. The third-order valence-electron chi connectivity index (χ3n) is 4.48. The van der Waals surface area contributed by atoms with Gasteiger partial charge in [0.15, 0.2) is 0 Å². The van der Waals surface area contributed by atoms with Crippen LogP contribution >= 0.6 is 11.6 Å². The molecule has 1 fully saturated rings. The van der Waals surface area contributed by atoms with E-state index in [4.69, 9.17) is 11.6 Å². The molecular weight excluding hydrogens is 355 g/mol. The molecule has 3 rings (SSSR count). The number of rotatable bonds is 5. The van der Waals surface area contributed by atoms with E-state index in [2.05, 4.69) is 5.32 Å². The molecule has 0 saturated heterocycles. The fourth-order valence-corrected chi connectivity index (χ4v) is 3.23. The van der Waals surface area contributed by atoms with Crippen LogP contribution in [-0.2, 0) is 4.79 Å². The summed E-state index contributed by atoms with van der Waals surface area (Å²) in [6.07, 6.45) is 1.96. The molecule has 1 saturated carbocycles. The van der Waals surface area contributed by atoms with Crippen LogP contribution in [0.3, 0.4) is 0 Å². The maximum absolute atomic E-state index is 13.2. The lowest BCUT2D eigenvalue weighted by atomic mass is 9.93. The molecule has 0 spiro atoms. The zero-order valence-electron chi connectivity index (χ0n) is 14.6. The number of carbonyl (C=O) groups is 2. The van der Waals surface area contributed by atoms with Gasteiger partial charge in [0.05, 0.1) is 16.5 Å². The lowest BCUT2D eigenvalue weighted by Crippen LogP contribution is -2.24. The Labute approximate surface area is 157 Å². The number of halogens is 2. The molecule has 0 aromatic heterocycles. The number of anilines is 1. The van der Waals surface area contributed by atoms with Crippen LogP contribution < -0.4 is 5.32 Å². The highest BCUT2D eigenvalue weighted by Crippen LogP contribution is 2.43. The smallest absolute Gasteiger partial charge is 0.254 e. The van der Waals surface area contributed by atoms with Gasteiger partial charge in [0.1, 0.15) is 5.82 Å². The third-order valence-corrected chi connectivity index (χ3v) is 4.79. The highest BCUT2D eigenvalue weighted by molar-refractivity contribution is 6.34. The molecule has 1 aliphatic carbocycles. The molecule has 0 bridgehead atoms. The van der Waals surface area contributed by atoms with Gasteiger partial charge < -0.3 is 10.2 Å². The van der Waals surface area contributed by atoms with Crippen molar-refractivity contribution < 1.29 is 14.0 Å². The normalized spacial score (nSPS) is 14.6. The SMILES string of the molecule is CN(C)C(=O)c1ccc(NC(=O)C(c2ccc(F)cc2)C2CC2)cc1Cl. The minimum absolute atomic E-state index is 0.151. The predicted octanol–water partition coefficient (Wildman–Crippen LogP) is 4.31. The number of hydrogen-bond acceptors (Lipinski definition) is 2. The van der Waals surface area contributed by atoms with Gasteiger partial charge in [-0.1, -0.05) is 23.7 Å². The van der Waals surface area contributed by atoms with E-state index in [1.807, 2.05) is 0 Å². The summed E-state index contributed by atoms with van der Waals surface area (Å²) >= 11 is 6.20. The average molecular weight is 375 g/mol. The molecular formula is C20H20ClFN2O2. The molecule has 2 amide bonds. The summed E-state index contributed by atoms with van der Waals surface area (Å²) < 4.78 is 13.2. The predicted molar refractivity (Wildman–Crippen MR) is 100.0 cm³/mol. The molecule has 4 nitrogen and oxygen atoms in total. The molecule has 1 aliphatic rings. The topological polar surface area (TPSA) is 49.4 Å². The third kappa shape index (κ3) is 4.05. The van der Waals surface area contributed by atoms with Crippen LogP contribution in [0, 0.1) is 11.7 Å². The van der Waals surface area contributed by atoms with Crippen molar-refractivity contribution in [2.75, 3.05) is 19.4 Å².